The minimum Gasteiger partial charge on any atom is -0.457 e. The van der Waals surface area contributed by atoms with Gasteiger partial charge in [-0.05, 0) is 49.4 Å². The number of hydrogen-bond acceptors (Lipinski definition) is 11. The molecule has 3 rings (SSSR count). The first-order valence-electron chi connectivity index (χ1n) is 29.5. The molecule has 0 spiro atoms. The van der Waals surface area contributed by atoms with Gasteiger partial charge < -0.3 is 39.2 Å². The zero-order valence-corrected chi connectivity index (χ0v) is 46.7. The number of amides is 1. The van der Waals surface area contributed by atoms with Crippen molar-refractivity contribution in [2.75, 3.05) is 6.61 Å². The number of aliphatic hydroxyl groups excluding tert-OH is 3. The molecule has 1 saturated heterocycles. The molecular weight excluding hydrogens is 942 g/mol. The van der Waals surface area contributed by atoms with Gasteiger partial charge in [-0.2, -0.15) is 0 Å². The second-order valence-electron chi connectivity index (χ2n) is 21.0. The highest BCUT2D eigenvalue weighted by molar-refractivity contribution is 7.49. The van der Waals surface area contributed by atoms with Crippen molar-refractivity contribution < 1.29 is 52.5 Å². The summed E-state index contributed by atoms with van der Waals surface area (Å²) in [5.74, 6) is -0.809. The fourth-order valence-electron chi connectivity index (χ4n) is 9.97. The highest BCUT2D eigenvalue weighted by atomic mass is 31.2. The lowest BCUT2D eigenvalue weighted by molar-refractivity contribution is -0.255. The van der Waals surface area contributed by atoms with Crippen molar-refractivity contribution in [3.63, 3.8) is 0 Å². The molecule has 12 nitrogen and oxygen atoms in total. The Balaban J connectivity index is 1.80. The van der Waals surface area contributed by atoms with Crippen LogP contribution in [0.2, 0.25) is 0 Å². The van der Waals surface area contributed by atoms with Crippen LogP contribution in [0.5, 0.6) is 11.5 Å². The number of benzene rings is 2. The smallest absolute Gasteiger partial charge is 0.457 e. The van der Waals surface area contributed by atoms with Crippen LogP contribution in [0.25, 0.3) is 0 Å². The maximum Gasteiger partial charge on any atom is 0.588 e. The lowest BCUT2D eigenvalue weighted by atomic mass is 9.91. The van der Waals surface area contributed by atoms with Crippen molar-refractivity contribution in [1.82, 2.24) is 5.32 Å². The molecule has 13 heteroatoms. The van der Waals surface area contributed by atoms with E-state index in [9.17, 15) is 29.5 Å². The standard InChI is InChI=1S/C60H102NO11P/c1-4-7-10-13-16-19-20-21-24-26-29-34-41-50(40-33-28-25-22-17-14-11-8-5-2)47-56(65)69-59-57(61-55(64)48-51(63)42-35-30-27-23-18-15-12-9-6-3)60(66)68-54(49-62)58(59)72-73(67,70-52-43-36-31-37-44-52)71-53-45-38-32-39-46-53/h31-32,36-39,43-46,50-51,54,57-60,62-63,66H,4-30,33-35,40-42,47-49H2,1-3H3,(H,61,64)/t50-,51+,54+,57-,58+,59+,60-/m0/s1. The Hall–Kier alpha value is -2.99. The summed E-state index contributed by atoms with van der Waals surface area (Å²) < 4.78 is 45.3. The Bertz CT molecular complexity index is 1640. The van der Waals surface area contributed by atoms with E-state index in [-0.39, 0.29) is 30.3 Å². The van der Waals surface area contributed by atoms with Crippen LogP contribution in [-0.2, 0) is 28.2 Å². The molecule has 0 bridgehead atoms. The number of ether oxygens (including phenoxy) is 2. The number of phosphoric acid groups is 1. The van der Waals surface area contributed by atoms with Gasteiger partial charge in [-0.25, -0.2) is 4.57 Å². The summed E-state index contributed by atoms with van der Waals surface area (Å²) in [6.45, 7) is 5.97. The summed E-state index contributed by atoms with van der Waals surface area (Å²) >= 11 is 0. The second kappa shape index (κ2) is 41.2. The van der Waals surface area contributed by atoms with Gasteiger partial charge >= 0.3 is 13.8 Å². The number of carbonyl (C=O) groups excluding carboxylic acids is 2. The average Bonchev–Trinajstić information content (AvgIpc) is 3.37. The van der Waals surface area contributed by atoms with Gasteiger partial charge in [-0.1, -0.05) is 250 Å². The van der Waals surface area contributed by atoms with Crippen molar-refractivity contribution in [2.24, 2.45) is 5.92 Å². The van der Waals surface area contributed by atoms with E-state index in [1.54, 1.807) is 60.7 Å². The van der Waals surface area contributed by atoms with E-state index in [0.29, 0.717) is 6.42 Å². The maximum absolute atomic E-state index is 14.9. The van der Waals surface area contributed by atoms with Gasteiger partial charge in [0.1, 0.15) is 29.7 Å². The molecule has 7 atom stereocenters. The molecule has 0 unspecified atom stereocenters. The van der Waals surface area contributed by atoms with Crippen molar-refractivity contribution in [3.8, 4) is 11.5 Å². The van der Waals surface area contributed by atoms with Gasteiger partial charge in [0.25, 0.3) is 0 Å². The molecule has 4 N–H and O–H groups in total. The van der Waals surface area contributed by atoms with E-state index >= 15 is 0 Å². The van der Waals surface area contributed by atoms with E-state index < -0.39 is 63.1 Å². The molecule has 2 aromatic carbocycles. The molecule has 1 heterocycles. The van der Waals surface area contributed by atoms with Crippen molar-refractivity contribution >= 4 is 19.7 Å². The van der Waals surface area contributed by atoms with E-state index in [4.69, 9.17) is 23.0 Å². The van der Waals surface area contributed by atoms with Crippen LogP contribution in [0.15, 0.2) is 60.7 Å². The molecule has 73 heavy (non-hydrogen) atoms. The number of esters is 1. The van der Waals surface area contributed by atoms with Gasteiger partial charge in [0.2, 0.25) is 5.91 Å². The number of carbonyl (C=O) groups is 2. The third-order valence-electron chi connectivity index (χ3n) is 14.3. The predicted molar refractivity (Wildman–Crippen MR) is 295 cm³/mol. The van der Waals surface area contributed by atoms with Gasteiger partial charge in [0, 0.05) is 6.42 Å². The van der Waals surface area contributed by atoms with Gasteiger partial charge in [-0.3, -0.25) is 14.1 Å². The summed E-state index contributed by atoms with van der Waals surface area (Å²) in [6, 6.07) is 15.2. The first kappa shape index (κ1) is 64.3. The Morgan fingerprint density at radius 2 is 0.945 bits per heavy atom. The van der Waals surface area contributed by atoms with Crippen LogP contribution >= 0.6 is 7.82 Å². The topological polar surface area (TPSA) is 170 Å². The Kier molecular flexibility index (Phi) is 36.3. The molecular formula is C60H102NO11P. The highest BCUT2D eigenvalue weighted by Gasteiger charge is 2.53. The SMILES string of the molecule is CCCCCCCCCCCCCC[C@H](CCCCCCCCCCC)CC(=O)O[C@@H]1[C@H](NC(=O)C[C@H](O)CCCCCCCCCCC)[C@@H](O)O[C@H](CO)[C@H]1OP(=O)(Oc1ccccc1)Oc1ccccc1. The lowest BCUT2D eigenvalue weighted by Crippen LogP contribution is -2.66. The minimum atomic E-state index is -4.71. The highest BCUT2D eigenvalue weighted by Crippen LogP contribution is 2.52. The molecule has 1 amide bonds. The first-order chi connectivity index (χ1) is 35.6. The summed E-state index contributed by atoms with van der Waals surface area (Å²) in [4.78, 5) is 28.2. The van der Waals surface area contributed by atoms with E-state index in [1.165, 1.54) is 128 Å². The monoisotopic (exact) mass is 1040 g/mol. The van der Waals surface area contributed by atoms with Crippen molar-refractivity contribution in [2.45, 2.75) is 282 Å². The predicted octanol–water partition coefficient (Wildman–Crippen LogP) is 15.4. The number of aliphatic hydroxyl groups is 3. The molecule has 0 aliphatic carbocycles. The third kappa shape index (κ3) is 29.8. The molecule has 0 radical (unpaired) electrons. The fourth-order valence-corrected chi connectivity index (χ4v) is 11.4. The molecule has 1 fully saturated rings. The maximum atomic E-state index is 14.9. The van der Waals surface area contributed by atoms with E-state index in [0.717, 1.165) is 77.0 Å². The van der Waals surface area contributed by atoms with E-state index in [1.807, 2.05) is 0 Å². The van der Waals surface area contributed by atoms with Crippen LogP contribution in [-0.4, -0.2) is 70.6 Å². The number of phosphoric ester groups is 1. The van der Waals surface area contributed by atoms with Crippen LogP contribution in [0.3, 0.4) is 0 Å². The average molecular weight is 1040 g/mol. The van der Waals surface area contributed by atoms with Crippen LogP contribution in [0.4, 0.5) is 0 Å². The first-order valence-corrected chi connectivity index (χ1v) is 31.0. The van der Waals surface area contributed by atoms with Crippen LogP contribution in [0, 0.1) is 5.92 Å². The van der Waals surface area contributed by atoms with Crippen LogP contribution in [0.1, 0.15) is 245 Å². The van der Waals surface area contributed by atoms with Crippen LogP contribution < -0.4 is 14.4 Å². The number of unbranched alkanes of at least 4 members (excludes halogenated alkanes) is 27. The van der Waals surface area contributed by atoms with Gasteiger partial charge in [-0.15, -0.1) is 0 Å². The van der Waals surface area contributed by atoms with Crippen molar-refractivity contribution in [3.05, 3.63) is 60.7 Å². The molecule has 418 valence electrons. The second-order valence-corrected chi connectivity index (χ2v) is 22.4. The molecule has 2 aromatic rings. The normalized spacial score (nSPS) is 18.8. The van der Waals surface area contributed by atoms with Gasteiger partial charge in [0.05, 0.1) is 19.1 Å². The third-order valence-corrected chi connectivity index (χ3v) is 15.7. The fraction of sp³-hybridized carbons (Fsp3) is 0.767. The molecule has 1 aliphatic rings. The lowest BCUT2D eigenvalue weighted by Gasteiger charge is -2.44. The summed E-state index contributed by atoms with van der Waals surface area (Å²) in [7, 11) is -4.71. The quantitative estimate of drug-likeness (QED) is 0.0283. The molecule has 0 saturated carbocycles. The zero-order chi connectivity index (χ0) is 52.6. The molecule has 0 aromatic heterocycles. The van der Waals surface area contributed by atoms with E-state index in [2.05, 4.69) is 26.1 Å². The Morgan fingerprint density at radius 1 is 0.562 bits per heavy atom. The number of para-hydroxylation sites is 2. The Labute approximate surface area is 442 Å². The number of hydrogen-bond donors (Lipinski definition) is 4. The summed E-state index contributed by atoms with van der Waals surface area (Å²) in [5.41, 5.74) is 0. The van der Waals surface area contributed by atoms with Crippen molar-refractivity contribution in [1.29, 1.82) is 0 Å². The summed E-state index contributed by atoms with van der Waals surface area (Å²) in [5, 5.41) is 36.0. The number of rotatable bonds is 46. The minimum absolute atomic E-state index is 0.0381. The largest absolute Gasteiger partial charge is 0.588 e. The summed E-state index contributed by atoms with van der Waals surface area (Å²) in [6.07, 6.45) is 30.7. The van der Waals surface area contributed by atoms with Gasteiger partial charge in [0.15, 0.2) is 12.4 Å². The molecule has 1 aliphatic heterocycles. The Morgan fingerprint density at radius 3 is 1.34 bits per heavy atom. The zero-order valence-electron chi connectivity index (χ0n) is 45.8. The number of nitrogens with one attached hydrogen (secondary N) is 1.